The standard InChI is InChI=1S/C8H10NO2/c9-4-3-6-1-2-7(10)8(11)5-6/h1-2,5,11H,3-4,9H2/p-1. The van der Waals surface area contributed by atoms with Crippen molar-refractivity contribution in [3.8, 4) is 11.5 Å². The third kappa shape index (κ3) is 1.85. The molecule has 59 valence electrons. The van der Waals surface area contributed by atoms with Gasteiger partial charge in [0, 0.05) is 0 Å². The van der Waals surface area contributed by atoms with Gasteiger partial charge >= 0.3 is 0 Å². The minimum atomic E-state index is -0.453. The summed E-state index contributed by atoms with van der Waals surface area (Å²) in [6.45, 7) is 0.498. The number of benzene rings is 1. The average molecular weight is 151 g/mol. The summed E-state index contributed by atoms with van der Waals surface area (Å²) < 4.78 is 0. The number of hydrogen-bond donors (Lipinski definition) is 1. The Labute approximate surface area is 65.1 Å². The first kappa shape index (κ1) is 7.88. The van der Waals surface area contributed by atoms with E-state index in [1.165, 1.54) is 12.1 Å². The predicted molar refractivity (Wildman–Crippen MR) is 38.8 cm³/mol. The lowest BCUT2D eigenvalue weighted by molar-refractivity contribution is -0.270. The summed E-state index contributed by atoms with van der Waals surface area (Å²) in [5.74, 6) is -0.901. The van der Waals surface area contributed by atoms with Crippen LogP contribution in [-0.2, 0) is 11.5 Å². The maximum absolute atomic E-state index is 10.8. The maximum atomic E-state index is 10.8. The lowest BCUT2D eigenvalue weighted by Gasteiger charge is -2.07. The van der Waals surface area contributed by atoms with Crippen molar-refractivity contribution in [2.24, 2.45) is 5.73 Å². The second-order valence-corrected chi connectivity index (χ2v) is 2.32. The third-order valence-electron chi connectivity index (χ3n) is 1.44. The summed E-state index contributed by atoms with van der Waals surface area (Å²) in [7, 11) is 0. The van der Waals surface area contributed by atoms with Gasteiger partial charge in [-0.3, -0.25) is 5.11 Å². The lowest BCUT2D eigenvalue weighted by atomic mass is 10.1. The van der Waals surface area contributed by atoms with Gasteiger partial charge in [0.15, 0.2) is 5.75 Å². The van der Waals surface area contributed by atoms with Gasteiger partial charge in [-0.1, -0.05) is 17.9 Å². The second-order valence-electron chi connectivity index (χ2n) is 2.32. The molecule has 0 aliphatic heterocycles. The largest absolute Gasteiger partial charge is 0.870 e. The normalized spacial score (nSPS) is 9.91. The van der Waals surface area contributed by atoms with Crippen LogP contribution in [0.25, 0.3) is 0 Å². The van der Waals surface area contributed by atoms with E-state index in [2.05, 4.69) is 0 Å². The Morgan fingerprint density at radius 2 is 2.18 bits per heavy atom. The number of nitrogens with two attached hydrogens (primary N) is 1. The van der Waals surface area contributed by atoms with Gasteiger partial charge in [0.05, 0.1) is 0 Å². The van der Waals surface area contributed by atoms with Crippen LogP contribution >= 0.6 is 0 Å². The fourth-order valence-electron chi connectivity index (χ4n) is 0.875. The van der Waals surface area contributed by atoms with Crippen LogP contribution in [-0.4, -0.2) is 6.54 Å². The van der Waals surface area contributed by atoms with Crippen molar-refractivity contribution in [2.45, 2.75) is 6.42 Å². The molecule has 0 fully saturated rings. The third-order valence-corrected chi connectivity index (χ3v) is 1.44. The highest BCUT2D eigenvalue weighted by molar-refractivity contribution is 5.39. The van der Waals surface area contributed by atoms with Crippen molar-refractivity contribution < 1.29 is 10.2 Å². The molecule has 0 aliphatic rings. The highest BCUT2D eigenvalue weighted by Crippen LogP contribution is 2.22. The lowest BCUT2D eigenvalue weighted by Crippen LogP contribution is -2.03. The van der Waals surface area contributed by atoms with Gasteiger partial charge in [-0.2, -0.15) is 0 Å². The molecule has 1 aromatic carbocycles. The molecule has 0 heterocycles. The van der Waals surface area contributed by atoms with E-state index in [0.717, 1.165) is 5.56 Å². The van der Waals surface area contributed by atoms with E-state index in [1.54, 1.807) is 6.07 Å². The monoisotopic (exact) mass is 151 g/mol. The van der Waals surface area contributed by atoms with Crippen molar-refractivity contribution in [2.75, 3.05) is 6.54 Å². The molecule has 1 rings (SSSR count). The summed E-state index contributed by atoms with van der Waals surface area (Å²) >= 11 is 0. The van der Waals surface area contributed by atoms with E-state index in [4.69, 9.17) is 5.73 Å². The van der Waals surface area contributed by atoms with Crippen LogP contribution in [0.1, 0.15) is 5.56 Å². The van der Waals surface area contributed by atoms with Crippen LogP contribution in [0.2, 0.25) is 0 Å². The zero-order chi connectivity index (χ0) is 8.27. The van der Waals surface area contributed by atoms with Crippen LogP contribution < -0.4 is 10.8 Å². The second kappa shape index (κ2) is 3.25. The molecular formula is C8H9NO2-. The Kier molecular flexibility index (Phi) is 2.33. The van der Waals surface area contributed by atoms with E-state index in [9.17, 15) is 10.2 Å². The molecule has 3 nitrogen and oxygen atoms in total. The molecule has 0 spiro atoms. The molecule has 3 heteroatoms. The van der Waals surface area contributed by atoms with Gasteiger partial charge in [-0.05, 0) is 24.6 Å². The maximum Gasteiger partial charge on any atom is 0.170 e. The van der Waals surface area contributed by atoms with Crippen LogP contribution in [0.3, 0.4) is 0 Å². The molecule has 0 atom stereocenters. The van der Waals surface area contributed by atoms with Gasteiger partial charge in [-0.25, -0.2) is 0 Å². The molecule has 0 unspecified atom stereocenters. The number of rotatable bonds is 2. The summed E-state index contributed by atoms with van der Waals surface area (Å²) in [5, 5.41) is 21.4. The Morgan fingerprint density at radius 1 is 1.45 bits per heavy atom. The quantitative estimate of drug-likeness (QED) is 0.664. The minimum absolute atomic E-state index is 0.448. The van der Waals surface area contributed by atoms with Crippen molar-refractivity contribution in [1.29, 1.82) is 0 Å². The van der Waals surface area contributed by atoms with E-state index in [-0.39, 0.29) is 0 Å². The molecule has 0 amide bonds. The molecule has 0 aromatic heterocycles. The first-order valence-corrected chi connectivity index (χ1v) is 3.41. The molecule has 0 aliphatic carbocycles. The Bertz CT molecular complexity index is 248. The molecule has 11 heavy (non-hydrogen) atoms. The Balaban J connectivity index is 2.86. The van der Waals surface area contributed by atoms with Gasteiger partial charge < -0.3 is 10.8 Å². The minimum Gasteiger partial charge on any atom is -0.870 e. The molecule has 1 aromatic rings. The van der Waals surface area contributed by atoms with E-state index in [0.29, 0.717) is 13.0 Å². The van der Waals surface area contributed by atoms with Crippen molar-refractivity contribution >= 4 is 0 Å². The molecule has 0 bridgehead atoms. The molecule has 0 saturated carbocycles. The van der Waals surface area contributed by atoms with E-state index in [1.807, 2.05) is 0 Å². The van der Waals surface area contributed by atoms with Crippen LogP contribution in [0, 0.1) is 0 Å². The van der Waals surface area contributed by atoms with Gasteiger partial charge in [0.25, 0.3) is 0 Å². The fourth-order valence-corrected chi connectivity index (χ4v) is 0.875. The molecule has 0 saturated heterocycles. The first-order chi connectivity index (χ1) is 5.24. The van der Waals surface area contributed by atoms with Crippen LogP contribution in [0.15, 0.2) is 18.2 Å². The SMILES string of the molecule is NCCc1ccc([O])c([O-])c1. The number of hydrogen-bond acceptors (Lipinski definition) is 2. The smallest absolute Gasteiger partial charge is 0.170 e. The van der Waals surface area contributed by atoms with Gasteiger partial charge in [0.2, 0.25) is 0 Å². The summed E-state index contributed by atoms with van der Waals surface area (Å²) in [5.41, 5.74) is 6.10. The first-order valence-electron chi connectivity index (χ1n) is 3.41. The highest BCUT2D eigenvalue weighted by atomic mass is 16.3. The highest BCUT2D eigenvalue weighted by Gasteiger charge is 1.94. The van der Waals surface area contributed by atoms with E-state index >= 15 is 0 Å². The van der Waals surface area contributed by atoms with Gasteiger partial charge in [0.1, 0.15) is 0 Å². The van der Waals surface area contributed by atoms with Crippen LogP contribution in [0.5, 0.6) is 11.5 Å². The summed E-state index contributed by atoms with van der Waals surface area (Å²) in [6, 6.07) is 4.26. The molecular weight excluding hydrogens is 142 g/mol. The fraction of sp³-hybridized carbons (Fsp3) is 0.250. The van der Waals surface area contributed by atoms with Crippen molar-refractivity contribution in [3.05, 3.63) is 23.8 Å². The topological polar surface area (TPSA) is 69.0 Å². The Morgan fingerprint density at radius 3 is 2.73 bits per heavy atom. The van der Waals surface area contributed by atoms with E-state index < -0.39 is 11.5 Å². The van der Waals surface area contributed by atoms with Crippen LogP contribution in [0.4, 0.5) is 0 Å². The molecule has 1 radical (unpaired) electrons. The summed E-state index contributed by atoms with van der Waals surface area (Å²) in [6.07, 6.45) is 0.648. The predicted octanol–water partition coefficient (Wildman–Crippen LogP) is 0.405. The van der Waals surface area contributed by atoms with Gasteiger partial charge in [-0.15, -0.1) is 0 Å². The average Bonchev–Trinajstić information content (AvgIpc) is 1.98. The zero-order valence-corrected chi connectivity index (χ0v) is 6.04. The molecule has 2 N–H and O–H groups in total. The zero-order valence-electron chi connectivity index (χ0n) is 6.04. The summed E-state index contributed by atoms with van der Waals surface area (Å²) in [4.78, 5) is 0. The van der Waals surface area contributed by atoms with Crippen molar-refractivity contribution in [3.63, 3.8) is 0 Å². The van der Waals surface area contributed by atoms with Crippen molar-refractivity contribution in [1.82, 2.24) is 0 Å². The Hall–Kier alpha value is -1.22.